The van der Waals surface area contributed by atoms with Crippen LogP contribution in [0.1, 0.15) is 36.7 Å². The maximum absolute atomic E-state index is 11.9. The Morgan fingerprint density at radius 2 is 1.67 bits per heavy atom. The molecule has 1 aromatic rings. The SMILES string of the molecule is CC(C)(C)S(=O)(=O)CC(=O)NCc1ccc(C(=O)O)cc1. The molecule has 2 N–H and O–H groups in total. The van der Waals surface area contributed by atoms with Gasteiger partial charge < -0.3 is 10.4 Å². The zero-order valence-electron chi connectivity index (χ0n) is 12.2. The van der Waals surface area contributed by atoms with Gasteiger partial charge in [-0.15, -0.1) is 0 Å². The summed E-state index contributed by atoms with van der Waals surface area (Å²) < 4.78 is 22.8. The lowest BCUT2D eigenvalue weighted by Gasteiger charge is -2.18. The first-order valence-electron chi connectivity index (χ1n) is 6.34. The number of aromatic carboxylic acids is 1. The van der Waals surface area contributed by atoms with Crippen LogP contribution in [0.2, 0.25) is 0 Å². The quantitative estimate of drug-likeness (QED) is 0.851. The molecule has 7 heteroatoms. The van der Waals surface area contributed by atoms with Crippen molar-refractivity contribution in [3.05, 3.63) is 35.4 Å². The fourth-order valence-electron chi connectivity index (χ4n) is 1.41. The lowest BCUT2D eigenvalue weighted by molar-refractivity contribution is -0.118. The molecule has 1 rings (SSSR count). The second-order valence-electron chi connectivity index (χ2n) is 5.65. The van der Waals surface area contributed by atoms with Crippen LogP contribution in [0.15, 0.2) is 24.3 Å². The van der Waals surface area contributed by atoms with Gasteiger partial charge in [0.1, 0.15) is 5.75 Å². The van der Waals surface area contributed by atoms with Crippen molar-refractivity contribution in [2.45, 2.75) is 32.1 Å². The molecular weight excluding hydrogens is 294 g/mol. The van der Waals surface area contributed by atoms with E-state index in [1.54, 1.807) is 32.9 Å². The van der Waals surface area contributed by atoms with E-state index >= 15 is 0 Å². The van der Waals surface area contributed by atoms with Crippen LogP contribution < -0.4 is 5.32 Å². The summed E-state index contributed by atoms with van der Waals surface area (Å²) in [6, 6.07) is 6.00. The molecule has 0 aliphatic carbocycles. The fraction of sp³-hybridized carbons (Fsp3) is 0.429. The molecule has 1 aromatic carbocycles. The lowest BCUT2D eigenvalue weighted by Crippen LogP contribution is -2.38. The Bertz CT molecular complexity index is 626. The summed E-state index contributed by atoms with van der Waals surface area (Å²) in [5.41, 5.74) is 0.849. The second-order valence-corrected chi connectivity index (χ2v) is 8.39. The van der Waals surface area contributed by atoms with Crippen molar-refractivity contribution in [3.63, 3.8) is 0 Å². The van der Waals surface area contributed by atoms with Gasteiger partial charge in [-0.1, -0.05) is 12.1 Å². The lowest BCUT2D eigenvalue weighted by atomic mass is 10.1. The third-order valence-electron chi connectivity index (χ3n) is 2.94. The molecule has 21 heavy (non-hydrogen) atoms. The van der Waals surface area contributed by atoms with Crippen molar-refractivity contribution in [2.75, 3.05) is 5.75 Å². The third kappa shape index (κ3) is 4.86. The van der Waals surface area contributed by atoms with Crippen molar-refractivity contribution in [3.8, 4) is 0 Å². The van der Waals surface area contributed by atoms with E-state index in [1.807, 2.05) is 0 Å². The highest BCUT2D eigenvalue weighted by Gasteiger charge is 2.31. The van der Waals surface area contributed by atoms with Crippen LogP contribution in [0.25, 0.3) is 0 Å². The van der Waals surface area contributed by atoms with Gasteiger partial charge in [-0.05, 0) is 38.5 Å². The Morgan fingerprint density at radius 3 is 2.10 bits per heavy atom. The zero-order valence-corrected chi connectivity index (χ0v) is 13.0. The summed E-state index contributed by atoms with van der Waals surface area (Å²) in [5, 5.41) is 11.3. The Kier molecular flexibility index (Phi) is 5.11. The minimum absolute atomic E-state index is 0.151. The first kappa shape index (κ1) is 17.2. The molecule has 0 aliphatic heterocycles. The number of carbonyl (C=O) groups is 2. The van der Waals surface area contributed by atoms with E-state index in [1.165, 1.54) is 12.1 Å². The van der Waals surface area contributed by atoms with Gasteiger partial charge in [0, 0.05) is 6.54 Å². The highest BCUT2D eigenvalue weighted by Crippen LogP contribution is 2.15. The van der Waals surface area contributed by atoms with Crippen molar-refractivity contribution < 1.29 is 23.1 Å². The molecule has 0 fully saturated rings. The van der Waals surface area contributed by atoms with Crippen molar-refractivity contribution in [1.82, 2.24) is 5.32 Å². The summed E-state index contributed by atoms with van der Waals surface area (Å²) in [6.45, 7) is 4.78. The predicted molar refractivity (Wildman–Crippen MR) is 78.8 cm³/mol. The number of rotatable bonds is 5. The minimum Gasteiger partial charge on any atom is -0.478 e. The molecule has 0 atom stereocenters. The van der Waals surface area contributed by atoms with Gasteiger partial charge in [-0.2, -0.15) is 0 Å². The number of benzene rings is 1. The number of carboxylic acid groups (broad SMARTS) is 1. The number of nitrogens with one attached hydrogen (secondary N) is 1. The number of hydrogen-bond acceptors (Lipinski definition) is 4. The smallest absolute Gasteiger partial charge is 0.335 e. The third-order valence-corrected chi connectivity index (χ3v) is 5.45. The predicted octanol–water partition coefficient (Wildman–Crippen LogP) is 1.21. The Morgan fingerprint density at radius 1 is 1.14 bits per heavy atom. The molecular formula is C14H19NO5S. The van der Waals surface area contributed by atoms with Gasteiger partial charge in [-0.3, -0.25) is 4.79 Å². The van der Waals surface area contributed by atoms with E-state index in [4.69, 9.17) is 5.11 Å². The summed E-state index contributed by atoms with van der Waals surface area (Å²) in [4.78, 5) is 22.4. The van der Waals surface area contributed by atoms with E-state index in [2.05, 4.69) is 5.32 Å². The standard InChI is InChI=1S/C14H19NO5S/c1-14(2,3)21(19,20)9-12(16)15-8-10-4-6-11(7-5-10)13(17)18/h4-7H,8-9H2,1-3H3,(H,15,16)(H,17,18). The highest BCUT2D eigenvalue weighted by atomic mass is 32.2. The summed E-state index contributed by atoms with van der Waals surface area (Å²) in [6.07, 6.45) is 0. The Balaban J connectivity index is 2.60. The number of carbonyl (C=O) groups excluding carboxylic acids is 1. The first-order chi connectivity index (χ1) is 9.53. The molecule has 0 bridgehead atoms. The van der Waals surface area contributed by atoms with E-state index in [-0.39, 0.29) is 12.1 Å². The van der Waals surface area contributed by atoms with Crippen molar-refractivity contribution >= 4 is 21.7 Å². The van der Waals surface area contributed by atoms with Gasteiger partial charge in [-0.25, -0.2) is 13.2 Å². The van der Waals surface area contributed by atoms with Crippen molar-refractivity contribution in [2.24, 2.45) is 0 Å². The van der Waals surface area contributed by atoms with E-state index in [0.717, 1.165) is 0 Å². The maximum atomic E-state index is 11.9. The molecule has 0 saturated heterocycles. The van der Waals surface area contributed by atoms with Crippen LogP contribution in [0.4, 0.5) is 0 Å². The van der Waals surface area contributed by atoms with Crippen LogP contribution >= 0.6 is 0 Å². The van der Waals surface area contributed by atoms with Crippen LogP contribution in [-0.2, 0) is 21.2 Å². The zero-order chi connectivity index (χ0) is 16.3. The van der Waals surface area contributed by atoms with Crippen LogP contribution in [0, 0.1) is 0 Å². The average Bonchev–Trinajstić information content (AvgIpc) is 2.35. The number of amides is 1. The molecule has 0 radical (unpaired) electrons. The minimum atomic E-state index is -3.51. The maximum Gasteiger partial charge on any atom is 0.335 e. The van der Waals surface area contributed by atoms with E-state index in [9.17, 15) is 18.0 Å². The number of sulfone groups is 1. The Labute approximate surface area is 124 Å². The molecule has 6 nitrogen and oxygen atoms in total. The molecule has 0 heterocycles. The highest BCUT2D eigenvalue weighted by molar-refractivity contribution is 7.93. The van der Waals surface area contributed by atoms with Crippen LogP contribution in [-0.4, -0.2) is 35.9 Å². The number of hydrogen-bond donors (Lipinski definition) is 2. The van der Waals surface area contributed by atoms with Gasteiger partial charge in [0.15, 0.2) is 9.84 Å². The van der Waals surface area contributed by atoms with Crippen molar-refractivity contribution in [1.29, 1.82) is 0 Å². The molecule has 0 aliphatic rings. The van der Waals surface area contributed by atoms with Crippen LogP contribution in [0.5, 0.6) is 0 Å². The fourth-order valence-corrected chi connectivity index (χ4v) is 2.29. The van der Waals surface area contributed by atoms with Gasteiger partial charge in [0.25, 0.3) is 0 Å². The summed E-state index contributed by atoms with van der Waals surface area (Å²) >= 11 is 0. The van der Waals surface area contributed by atoms with Gasteiger partial charge in [0.2, 0.25) is 5.91 Å². The molecule has 0 aromatic heterocycles. The molecule has 116 valence electrons. The van der Waals surface area contributed by atoms with E-state index < -0.39 is 32.2 Å². The second kappa shape index (κ2) is 6.26. The topological polar surface area (TPSA) is 101 Å². The van der Waals surface area contributed by atoms with E-state index in [0.29, 0.717) is 5.56 Å². The monoisotopic (exact) mass is 313 g/mol. The van der Waals surface area contributed by atoms with Crippen LogP contribution in [0.3, 0.4) is 0 Å². The largest absolute Gasteiger partial charge is 0.478 e. The van der Waals surface area contributed by atoms with Gasteiger partial charge >= 0.3 is 5.97 Å². The number of carboxylic acids is 1. The van der Waals surface area contributed by atoms with Gasteiger partial charge in [0.05, 0.1) is 10.3 Å². The molecule has 0 unspecified atom stereocenters. The summed E-state index contributed by atoms with van der Waals surface area (Å²) in [5.74, 6) is -2.17. The summed E-state index contributed by atoms with van der Waals surface area (Å²) in [7, 11) is -3.51. The average molecular weight is 313 g/mol. The Hall–Kier alpha value is -1.89. The first-order valence-corrected chi connectivity index (χ1v) is 7.99. The molecule has 0 spiro atoms. The molecule has 0 saturated carbocycles. The normalized spacial score (nSPS) is 12.0. The molecule has 1 amide bonds.